The van der Waals surface area contributed by atoms with Crippen molar-refractivity contribution in [3.63, 3.8) is 0 Å². The van der Waals surface area contributed by atoms with E-state index in [0.717, 1.165) is 19.4 Å². The second kappa shape index (κ2) is 3.24. The van der Waals surface area contributed by atoms with Gasteiger partial charge in [-0.05, 0) is 6.42 Å². The zero-order chi connectivity index (χ0) is 6.97. The van der Waals surface area contributed by atoms with Crippen molar-refractivity contribution in [1.82, 2.24) is 9.55 Å². The first-order valence-corrected chi connectivity index (χ1v) is 3.61. The lowest BCUT2D eigenvalue weighted by molar-refractivity contribution is 0.471. The van der Waals surface area contributed by atoms with E-state index in [1.807, 2.05) is 12.5 Å². The van der Waals surface area contributed by atoms with Gasteiger partial charge in [-0.25, -0.2) is 4.98 Å². The largest absolute Gasteiger partial charge is 0.334 e. The number of fused-ring (bicyclic) bond motifs is 1. The highest BCUT2D eigenvalue weighted by Crippen LogP contribution is 2.11. The van der Waals surface area contributed by atoms with Crippen LogP contribution < -0.4 is 5.73 Å². The van der Waals surface area contributed by atoms with Gasteiger partial charge in [0.2, 0.25) is 0 Å². The molecular formula is C7H12ClN3. The molecule has 1 aliphatic heterocycles. The Bertz CT molecular complexity index is 233. The van der Waals surface area contributed by atoms with Crippen LogP contribution in [0.3, 0.4) is 0 Å². The van der Waals surface area contributed by atoms with E-state index in [1.54, 1.807) is 0 Å². The summed E-state index contributed by atoms with van der Waals surface area (Å²) in [6, 6.07) is 0.351. The van der Waals surface area contributed by atoms with Gasteiger partial charge in [-0.1, -0.05) is 0 Å². The maximum atomic E-state index is 5.77. The van der Waals surface area contributed by atoms with Gasteiger partial charge in [-0.15, -0.1) is 12.4 Å². The molecule has 1 atom stereocenters. The zero-order valence-corrected chi connectivity index (χ0v) is 7.05. The number of aryl methyl sites for hydroxylation is 1. The van der Waals surface area contributed by atoms with Crippen LogP contribution in [0.1, 0.15) is 12.1 Å². The summed E-state index contributed by atoms with van der Waals surface area (Å²) in [7, 11) is 0. The Labute approximate surface area is 72.0 Å². The Morgan fingerprint density at radius 2 is 2.45 bits per heavy atom. The first-order chi connectivity index (χ1) is 4.86. The Morgan fingerprint density at radius 1 is 1.64 bits per heavy atom. The van der Waals surface area contributed by atoms with Crippen LogP contribution in [-0.2, 0) is 13.0 Å². The lowest BCUT2D eigenvalue weighted by atomic mass is 10.1. The van der Waals surface area contributed by atoms with Crippen molar-refractivity contribution in [2.75, 3.05) is 0 Å². The third-order valence-electron chi connectivity index (χ3n) is 2.01. The van der Waals surface area contributed by atoms with E-state index in [0.29, 0.717) is 6.04 Å². The Hall–Kier alpha value is -0.540. The van der Waals surface area contributed by atoms with Crippen LogP contribution >= 0.6 is 12.4 Å². The van der Waals surface area contributed by atoms with E-state index in [-0.39, 0.29) is 12.4 Å². The Balaban J connectivity index is 0.000000605. The predicted molar refractivity (Wildman–Crippen MR) is 45.8 cm³/mol. The van der Waals surface area contributed by atoms with Crippen LogP contribution in [0, 0.1) is 0 Å². The molecule has 2 rings (SSSR count). The van der Waals surface area contributed by atoms with Gasteiger partial charge in [-0.3, -0.25) is 0 Å². The summed E-state index contributed by atoms with van der Waals surface area (Å²) in [6.45, 7) is 1.04. The van der Waals surface area contributed by atoms with Crippen molar-refractivity contribution in [3.8, 4) is 0 Å². The average Bonchev–Trinajstić information content (AvgIpc) is 2.33. The number of nitrogens with zero attached hydrogens (tertiary/aromatic N) is 2. The molecule has 0 saturated carbocycles. The second-order valence-corrected chi connectivity index (χ2v) is 2.83. The number of rotatable bonds is 0. The Morgan fingerprint density at radius 3 is 3.27 bits per heavy atom. The van der Waals surface area contributed by atoms with Gasteiger partial charge in [0, 0.05) is 30.9 Å². The van der Waals surface area contributed by atoms with Crippen molar-refractivity contribution >= 4 is 12.4 Å². The number of nitrogens with two attached hydrogens (primary N) is 1. The molecule has 1 aromatic heterocycles. The molecule has 62 valence electrons. The molecular weight excluding hydrogens is 162 g/mol. The third kappa shape index (κ3) is 1.54. The summed E-state index contributed by atoms with van der Waals surface area (Å²) in [6.07, 6.45) is 5.85. The molecule has 0 radical (unpaired) electrons. The predicted octanol–water partition coefficient (Wildman–Crippen LogP) is 0.578. The van der Waals surface area contributed by atoms with Crippen LogP contribution in [0.2, 0.25) is 0 Å². The van der Waals surface area contributed by atoms with Crippen LogP contribution in [0.15, 0.2) is 12.5 Å². The molecule has 4 heteroatoms. The fourth-order valence-electron chi connectivity index (χ4n) is 1.40. The SMILES string of the molecule is Cl.NC1CCn2cncc2C1. The maximum absolute atomic E-state index is 5.77. The maximum Gasteiger partial charge on any atom is 0.0948 e. The van der Waals surface area contributed by atoms with Gasteiger partial charge in [-0.2, -0.15) is 0 Å². The molecule has 0 amide bonds. The number of hydrogen-bond acceptors (Lipinski definition) is 2. The van der Waals surface area contributed by atoms with Gasteiger partial charge in [0.1, 0.15) is 0 Å². The minimum atomic E-state index is 0. The normalized spacial score (nSPS) is 22.1. The highest BCUT2D eigenvalue weighted by molar-refractivity contribution is 5.85. The van der Waals surface area contributed by atoms with Crippen LogP contribution in [0.4, 0.5) is 0 Å². The monoisotopic (exact) mass is 173 g/mol. The molecule has 11 heavy (non-hydrogen) atoms. The fourth-order valence-corrected chi connectivity index (χ4v) is 1.40. The number of hydrogen-bond donors (Lipinski definition) is 1. The van der Waals surface area contributed by atoms with Gasteiger partial charge < -0.3 is 10.3 Å². The van der Waals surface area contributed by atoms with Crippen molar-refractivity contribution in [2.45, 2.75) is 25.4 Å². The first-order valence-electron chi connectivity index (χ1n) is 3.61. The molecule has 1 unspecified atom stereocenters. The van der Waals surface area contributed by atoms with Crippen molar-refractivity contribution in [3.05, 3.63) is 18.2 Å². The number of imidazole rings is 1. The zero-order valence-electron chi connectivity index (χ0n) is 6.23. The van der Waals surface area contributed by atoms with Crippen LogP contribution in [0.5, 0.6) is 0 Å². The van der Waals surface area contributed by atoms with E-state index in [9.17, 15) is 0 Å². The minimum absolute atomic E-state index is 0. The number of aromatic nitrogens is 2. The highest BCUT2D eigenvalue weighted by Gasteiger charge is 2.13. The van der Waals surface area contributed by atoms with Gasteiger partial charge in [0.05, 0.1) is 6.33 Å². The molecule has 2 heterocycles. The standard InChI is InChI=1S/C7H11N3.ClH/c8-6-1-2-10-5-9-4-7(10)3-6;/h4-6H,1-3,8H2;1H. The Kier molecular flexibility index (Phi) is 2.52. The minimum Gasteiger partial charge on any atom is -0.334 e. The molecule has 1 aliphatic rings. The first kappa shape index (κ1) is 8.56. The summed E-state index contributed by atoms with van der Waals surface area (Å²) >= 11 is 0. The lowest BCUT2D eigenvalue weighted by Gasteiger charge is -2.19. The lowest BCUT2D eigenvalue weighted by Crippen LogP contribution is -2.30. The molecule has 3 nitrogen and oxygen atoms in total. The summed E-state index contributed by atoms with van der Waals surface area (Å²) in [5.74, 6) is 0. The second-order valence-electron chi connectivity index (χ2n) is 2.83. The van der Waals surface area contributed by atoms with E-state index < -0.39 is 0 Å². The average molecular weight is 174 g/mol. The summed E-state index contributed by atoms with van der Waals surface area (Å²) in [4.78, 5) is 4.05. The van der Waals surface area contributed by atoms with Crippen molar-refractivity contribution in [2.24, 2.45) is 5.73 Å². The highest BCUT2D eigenvalue weighted by atomic mass is 35.5. The molecule has 2 N–H and O–H groups in total. The van der Waals surface area contributed by atoms with Gasteiger partial charge in [0.15, 0.2) is 0 Å². The molecule has 0 aliphatic carbocycles. The molecule has 0 bridgehead atoms. The quantitative estimate of drug-likeness (QED) is 0.624. The van der Waals surface area contributed by atoms with E-state index in [1.165, 1.54) is 5.69 Å². The topological polar surface area (TPSA) is 43.8 Å². The smallest absolute Gasteiger partial charge is 0.0948 e. The van der Waals surface area contributed by atoms with E-state index >= 15 is 0 Å². The number of halogens is 1. The summed E-state index contributed by atoms with van der Waals surface area (Å²) in [5.41, 5.74) is 7.04. The molecule has 0 spiro atoms. The van der Waals surface area contributed by atoms with Crippen LogP contribution in [-0.4, -0.2) is 15.6 Å². The fraction of sp³-hybridized carbons (Fsp3) is 0.571. The summed E-state index contributed by atoms with van der Waals surface area (Å²) < 4.78 is 2.17. The molecule has 0 aromatic carbocycles. The third-order valence-corrected chi connectivity index (χ3v) is 2.01. The van der Waals surface area contributed by atoms with E-state index in [4.69, 9.17) is 5.73 Å². The van der Waals surface area contributed by atoms with Gasteiger partial charge >= 0.3 is 0 Å². The molecule has 1 aromatic rings. The van der Waals surface area contributed by atoms with E-state index in [2.05, 4.69) is 9.55 Å². The van der Waals surface area contributed by atoms with Crippen molar-refractivity contribution < 1.29 is 0 Å². The van der Waals surface area contributed by atoms with Crippen LogP contribution in [0.25, 0.3) is 0 Å². The molecule has 0 saturated heterocycles. The summed E-state index contributed by atoms with van der Waals surface area (Å²) in [5, 5.41) is 0. The van der Waals surface area contributed by atoms with Crippen molar-refractivity contribution in [1.29, 1.82) is 0 Å². The van der Waals surface area contributed by atoms with Gasteiger partial charge in [0.25, 0.3) is 0 Å². The molecule has 0 fully saturated rings.